The Labute approximate surface area is 161 Å². The first kappa shape index (κ1) is 18.3. The number of benzene rings is 2. The van der Waals surface area contributed by atoms with E-state index in [1.807, 2.05) is 36.4 Å². The Kier molecular flexibility index (Phi) is 5.81. The van der Waals surface area contributed by atoms with Crippen LogP contribution < -0.4 is 14.2 Å². The van der Waals surface area contributed by atoms with E-state index in [0.29, 0.717) is 23.7 Å². The SMILES string of the molecule is COc1cccc(Cc2nc(Cl)c(Oc3ccccc3OC)c(Cl)n2)c1. The molecular formula is C19H16Cl2N2O3. The van der Waals surface area contributed by atoms with Crippen molar-refractivity contribution in [3.05, 3.63) is 70.2 Å². The van der Waals surface area contributed by atoms with Crippen LogP contribution in [0.4, 0.5) is 0 Å². The second kappa shape index (κ2) is 8.25. The van der Waals surface area contributed by atoms with Gasteiger partial charge in [-0.3, -0.25) is 0 Å². The molecule has 3 aromatic rings. The van der Waals surface area contributed by atoms with E-state index in [2.05, 4.69) is 9.97 Å². The molecule has 0 aliphatic heterocycles. The van der Waals surface area contributed by atoms with E-state index in [1.54, 1.807) is 26.4 Å². The second-order valence-corrected chi connectivity index (χ2v) is 6.05. The lowest BCUT2D eigenvalue weighted by atomic mass is 10.1. The van der Waals surface area contributed by atoms with Crippen molar-refractivity contribution in [1.82, 2.24) is 9.97 Å². The van der Waals surface area contributed by atoms with Gasteiger partial charge in [0.25, 0.3) is 0 Å². The largest absolute Gasteiger partial charge is 0.497 e. The summed E-state index contributed by atoms with van der Waals surface area (Å²) in [7, 11) is 3.17. The molecule has 0 bridgehead atoms. The quantitative estimate of drug-likeness (QED) is 0.542. The highest BCUT2D eigenvalue weighted by Gasteiger charge is 2.16. The van der Waals surface area contributed by atoms with Crippen molar-refractivity contribution in [2.45, 2.75) is 6.42 Å². The van der Waals surface area contributed by atoms with Crippen molar-refractivity contribution in [2.24, 2.45) is 0 Å². The first-order chi connectivity index (χ1) is 12.6. The van der Waals surface area contributed by atoms with Gasteiger partial charge in [0.05, 0.1) is 14.2 Å². The Bertz CT molecular complexity index is 896. The molecule has 0 amide bonds. The number of methoxy groups -OCH3 is 2. The average Bonchev–Trinajstić information content (AvgIpc) is 2.65. The molecule has 1 heterocycles. The average molecular weight is 391 g/mol. The lowest BCUT2D eigenvalue weighted by Crippen LogP contribution is -2.01. The predicted octanol–water partition coefficient (Wildman–Crippen LogP) is 5.18. The molecule has 0 spiro atoms. The third-order valence-corrected chi connectivity index (χ3v) is 4.12. The first-order valence-electron chi connectivity index (χ1n) is 7.76. The molecule has 0 saturated carbocycles. The van der Waals surface area contributed by atoms with Gasteiger partial charge in [-0.1, -0.05) is 47.5 Å². The molecule has 2 aromatic carbocycles. The molecule has 7 heteroatoms. The minimum atomic E-state index is 0.133. The normalized spacial score (nSPS) is 10.5. The summed E-state index contributed by atoms with van der Waals surface area (Å²) in [4.78, 5) is 8.60. The highest BCUT2D eigenvalue weighted by atomic mass is 35.5. The molecule has 0 fully saturated rings. The molecule has 1 aromatic heterocycles. The topological polar surface area (TPSA) is 53.5 Å². The monoisotopic (exact) mass is 390 g/mol. The summed E-state index contributed by atoms with van der Waals surface area (Å²) in [6.07, 6.45) is 0.464. The van der Waals surface area contributed by atoms with Crippen molar-refractivity contribution in [2.75, 3.05) is 14.2 Å². The van der Waals surface area contributed by atoms with Crippen LogP contribution in [-0.4, -0.2) is 24.2 Å². The van der Waals surface area contributed by atoms with Crippen molar-refractivity contribution in [3.63, 3.8) is 0 Å². The van der Waals surface area contributed by atoms with Crippen LogP contribution >= 0.6 is 23.2 Å². The van der Waals surface area contributed by atoms with Crippen molar-refractivity contribution >= 4 is 23.2 Å². The van der Waals surface area contributed by atoms with Gasteiger partial charge in [-0.15, -0.1) is 0 Å². The van der Waals surface area contributed by atoms with Gasteiger partial charge in [0, 0.05) is 6.42 Å². The van der Waals surface area contributed by atoms with E-state index >= 15 is 0 Å². The number of ether oxygens (including phenoxy) is 3. The van der Waals surface area contributed by atoms with E-state index in [4.69, 9.17) is 37.4 Å². The standard InChI is InChI=1S/C19H16Cl2N2O3/c1-24-13-7-5-6-12(10-13)11-16-22-18(20)17(19(21)23-16)26-15-9-4-3-8-14(15)25-2/h3-10H,11H2,1-2H3. The van der Waals surface area contributed by atoms with Crippen molar-refractivity contribution in [3.8, 4) is 23.0 Å². The van der Waals surface area contributed by atoms with Crippen LogP contribution in [0.1, 0.15) is 11.4 Å². The molecule has 0 N–H and O–H groups in total. The molecule has 0 saturated heterocycles. The van der Waals surface area contributed by atoms with Crippen LogP contribution in [0, 0.1) is 0 Å². The number of para-hydroxylation sites is 2. The van der Waals surface area contributed by atoms with Crippen LogP contribution in [0.2, 0.25) is 10.3 Å². The minimum absolute atomic E-state index is 0.133. The van der Waals surface area contributed by atoms with E-state index in [1.165, 1.54) is 0 Å². The summed E-state index contributed by atoms with van der Waals surface area (Å²) in [5.74, 6) is 2.46. The lowest BCUT2D eigenvalue weighted by molar-refractivity contribution is 0.378. The van der Waals surface area contributed by atoms with E-state index in [-0.39, 0.29) is 16.1 Å². The van der Waals surface area contributed by atoms with Crippen LogP contribution in [0.5, 0.6) is 23.0 Å². The maximum atomic E-state index is 6.28. The molecule has 0 aliphatic rings. The Morgan fingerprint density at radius 3 is 2.19 bits per heavy atom. The molecule has 3 rings (SSSR count). The third-order valence-electron chi connectivity index (χ3n) is 3.61. The summed E-state index contributed by atoms with van der Waals surface area (Å²) in [6, 6.07) is 14.8. The smallest absolute Gasteiger partial charge is 0.202 e. The number of hydrogen-bond donors (Lipinski definition) is 0. The number of hydrogen-bond acceptors (Lipinski definition) is 5. The molecule has 0 unspecified atom stereocenters. The van der Waals surface area contributed by atoms with Crippen LogP contribution in [0.25, 0.3) is 0 Å². The predicted molar refractivity (Wildman–Crippen MR) is 101 cm³/mol. The van der Waals surface area contributed by atoms with Gasteiger partial charge in [-0.25, -0.2) is 9.97 Å². The van der Waals surface area contributed by atoms with E-state index in [0.717, 1.165) is 11.3 Å². The molecule has 0 radical (unpaired) electrons. The first-order valence-corrected chi connectivity index (χ1v) is 8.52. The Morgan fingerprint density at radius 2 is 1.54 bits per heavy atom. The van der Waals surface area contributed by atoms with Gasteiger partial charge in [0.15, 0.2) is 21.8 Å². The number of rotatable bonds is 6. The minimum Gasteiger partial charge on any atom is -0.497 e. The summed E-state index contributed by atoms with van der Waals surface area (Å²) >= 11 is 12.6. The fourth-order valence-electron chi connectivity index (χ4n) is 2.38. The maximum absolute atomic E-state index is 6.28. The summed E-state index contributed by atoms with van der Waals surface area (Å²) < 4.78 is 16.3. The van der Waals surface area contributed by atoms with Crippen molar-refractivity contribution < 1.29 is 14.2 Å². The molecule has 134 valence electrons. The Hall–Kier alpha value is -2.50. The molecular weight excluding hydrogens is 375 g/mol. The van der Waals surface area contributed by atoms with Gasteiger partial charge in [0.2, 0.25) is 5.75 Å². The second-order valence-electron chi connectivity index (χ2n) is 5.33. The Morgan fingerprint density at radius 1 is 0.846 bits per heavy atom. The zero-order valence-electron chi connectivity index (χ0n) is 14.2. The van der Waals surface area contributed by atoms with Crippen LogP contribution in [0.15, 0.2) is 48.5 Å². The third kappa shape index (κ3) is 4.18. The maximum Gasteiger partial charge on any atom is 0.202 e. The summed E-state index contributed by atoms with van der Waals surface area (Å²) in [6.45, 7) is 0. The van der Waals surface area contributed by atoms with Gasteiger partial charge >= 0.3 is 0 Å². The molecule has 0 aliphatic carbocycles. The summed E-state index contributed by atoms with van der Waals surface area (Å²) in [5, 5.41) is 0.266. The molecule has 0 atom stereocenters. The zero-order valence-corrected chi connectivity index (χ0v) is 15.7. The van der Waals surface area contributed by atoms with Gasteiger partial charge in [-0.05, 0) is 29.8 Å². The zero-order chi connectivity index (χ0) is 18.5. The van der Waals surface area contributed by atoms with Crippen LogP contribution in [0.3, 0.4) is 0 Å². The van der Waals surface area contributed by atoms with Gasteiger partial charge in [0.1, 0.15) is 11.6 Å². The fourth-order valence-corrected chi connectivity index (χ4v) is 2.88. The van der Waals surface area contributed by atoms with Gasteiger partial charge in [-0.2, -0.15) is 0 Å². The number of nitrogens with zero attached hydrogens (tertiary/aromatic N) is 2. The number of halogens is 2. The van der Waals surface area contributed by atoms with E-state index < -0.39 is 0 Å². The molecule has 26 heavy (non-hydrogen) atoms. The highest BCUT2D eigenvalue weighted by Crippen LogP contribution is 2.37. The van der Waals surface area contributed by atoms with E-state index in [9.17, 15) is 0 Å². The fraction of sp³-hybridized carbons (Fsp3) is 0.158. The summed E-state index contributed by atoms with van der Waals surface area (Å²) in [5.41, 5.74) is 0.981. The van der Waals surface area contributed by atoms with Crippen LogP contribution in [-0.2, 0) is 6.42 Å². The lowest BCUT2D eigenvalue weighted by Gasteiger charge is -2.12. The van der Waals surface area contributed by atoms with Crippen molar-refractivity contribution in [1.29, 1.82) is 0 Å². The van der Waals surface area contributed by atoms with Gasteiger partial charge < -0.3 is 14.2 Å². The Balaban J connectivity index is 1.86. The number of aromatic nitrogens is 2. The highest BCUT2D eigenvalue weighted by molar-refractivity contribution is 6.35. The molecule has 5 nitrogen and oxygen atoms in total.